The second kappa shape index (κ2) is 3.69. The maximum Gasteiger partial charge on any atom is 0.337 e. The molecule has 0 fully saturated rings. The molecule has 3 heteroatoms. The lowest BCUT2D eigenvalue weighted by molar-refractivity contribution is 0.0601. The molecule has 1 aromatic heterocycles. The number of aromatic nitrogens is 1. The highest BCUT2D eigenvalue weighted by Crippen LogP contribution is 2.18. The molecule has 0 atom stereocenters. The van der Waals surface area contributed by atoms with Crippen molar-refractivity contribution >= 4 is 16.7 Å². The Morgan fingerprint density at radius 1 is 1.33 bits per heavy atom. The summed E-state index contributed by atoms with van der Waals surface area (Å²) in [7, 11) is 1.38. The van der Waals surface area contributed by atoms with Crippen LogP contribution in [0.2, 0.25) is 0 Å². The van der Waals surface area contributed by atoms with Crippen LogP contribution in [0.25, 0.3) is 10.8 Å². The Balaban J connectivity index is 2.62. The Morgan fingerprint density at radius 3 is 2.87 bits per heavy atom. The van der Waals surface area contributed by atoms with E-state index in [1.54, 1.807) is 12.3 Å². The first-order valence-corrected chi connectivity index (χ1v) is 4.66. The second-order valence-electron chi connectivity index (χ2n) is 3.32. The van der Waals surface area contributed by atoms with E-state index in [9.17, 15) is 4.79 Å². The van der Waals surface area contributed by atoms with Gasteiger partial charge < -0.3 is 4.74 Å². The van der Waals surface area contributed by atoms with Crippen LogP contribution in [-0.4, -0.2) is 18.1 Å². The van der Waals surface area contributed by atoms with Crippen LogP contribution in [0.1, 0.15) is 16.1 Å². The van der Waals surface area contributed by atoms with Crippen LogP contribution in [0, 0.1) is 6.92 Å². The average molecular weight is 201 g/mol. The molecule has 2 aromatic rings. The first kappa shape index (κ1) is 9.65. The number of benzene rings is 1. The third-order valence-electron chi connectivity index (χ3n) is 2.38. The number of fused-ring (bicyclic) bond motifs is 1. The van der Waals surface area contributed by atoms with E-state index < -0.39 is 0 Å². The molecule has 0 spiro atoms. The van der Waals surface area contributed by atoms with Crippen LogP contribution in [0.15, 0.2) is 30.5 Å². The minimum atomic E-state index is -0.314. The number of carbonyl (C=O) groups is 1. The summed E-state index contributed by atoms with van der Waals surface area (Å²) >= 11 is 0. The van der Waals surface area contributed by atoms with Gasteiger partial charge in [-0.05, 0) is 30.5 Å². The zero-order valence-corrected chi connectivity index (χ0v) is 8.65. The van der Waals surface area contributed by atoms with E-state index in [4.69, 9.17) is 0 Å². The van der Waals surface area contributed by atoms with Gasteiger partial charge in [0.1, 0.15) is 0 Å². The monoisotopic (exact) mass is 201 g/mol. The average Bonchev–Trinajstić information content (AvgIpc) is 2.28. The summed E-state index contributed by atoms with van der Waals surface area (Å²) < 4.78 is 4.66. The minimum absolute atomic E-state index is 0.314. The quantitative estimate of drug-likeness (QED) is 0.665. The van der Waals surface area contributed by atoms with Crippen LogP contribution >= 0.6 is 0 Å². The van der Waals surface area contributed by atoms with E-state index in [2.05, 4.69) is 9.72 Å². The Hall–Kier alpha value is -1.90. The van der Waals surface area contributed by atoms with Crippen molar-refractivity contribution in [1.29, 1.82) is 0 Å². The molecule has 0 bridgehead atoms. The molecule has 0 unspecified atom stereocenters. The molecule has 0 aliphatic carbocycles. The molecule has 1 aromatic carbocycles. The van der Waals surface area contributed by atoms with Crippen LogP contribution in [-0.2, 0) is 4.74 Å². The lowest BCUT2D eigenvalue weighted by Crippen LogP contribution is -2.00. The normalized spacial score (nSPS) is 10.3. The first-order chi connectivity index (χ1) is 7.22. The number of carbonyl (C=O) groups excluding carboxylic acids is 1. The van der Waals surface area contributed by atoms with Crippen LogP contribution in [0.4, 0.5) is 0 Å². The SMILES string of the molecule is COC(=O)c1ccc2c(C)nccc2c1. The zero-order valence-electron chi connectivity index (χ0n) is 8.65. The van der Waals surface area contributed by atoms with Crippen LogP contribution in [0.3, 0.4) is 0 Å². The number of pyridine rings is 1. The van der Waals surface area contributed by atoms with Gasteiger partial charge in [0.15, 0.2) is 0 Å². The highest BCUT2D eigenvalue weighted by atomic mass is 16.5. The van der Waals surface area contributed by atoms with E-state index in [1.807, 2.05) is 25.1 Å². The van der Waals surface area contributed by atoms with Gasteiger partial charge in [0.2, 0.25) is 0 Å². The summed E-state index contributed by atoms with van der Waals surface area (Å²) in [5, 5.41) is 2.07. The molecule has 0 aliphatic heterocycles. The van der Waals surface area contributed by atoms with Crippen molar-refractivity contribution in [3.05, 3.63) is 41.7 Å². The molecule has 0 radical (unpaired) electrons. The maximum atomic E-state index is 11.3. The third-order valence-corrected chi connectivity index (χ3v) is 2.38. The topological polar surface area (TPSA) is 39.2 Å². The van der Waals surface area contributed by atoms with Crippen molar-refractivity contribution in [1.82, 2.24) is 4.98 Å². The molecule has 0 saturated heterocycles. The van der Waals surface area contributed by atoms with E-state index in [-0.39, 0.29) is 5.97 Å². The number of hydrogen-bond acceptors (Lipinski definition) is 3. The van der Waals surface area contributed by atoms with Gasteiger partial charge in [0.05, 0.1) is 12.7 Å². The van der Waals surface area contributed by atoms with Crippen molar-refractivity contribution < 1.29 is 9.53 Å². The summed E-state index contributed by atoms with van der Waals surface area (Å²) in [4.78, 5) is 15.5. The van der Waals surface area contributed by atoms with E-state index in [1.165, 1.54) is 7.11 Å². The van der Waals surface area contributed by atoms with Crippen molar-refractivity contribution in [2.75, 3.05) is 7.11 Å². The molecular formula is C12H11NO2. The molecule has 3 nitrogen and oxygen atoms in total. The van der Waals surface area contributed by atoms with E-state index >= 15 is 0 Å². The summed E-state index contributed by atoms with van der Waals surface area (Å²) in [6, 6.07) is 7.34. The summed E-state index contributed by atoms with van der Waals surface area (Å²) in [5.41, 5.74) is 1.53. The Bertz CT molecular complexity index is 520. The molecule has 0 saturated carbocycles. The zero-order chi connectivity index (χ0) is 10.8. The summed E-state index contributed by atoms with van der Waals surface area (Å²) in [6.07, 6.45) is 1.73. The van der Waals surface area contributed by atoms with Crippen molar-refractivity contribution in [3.63, 3.8) is 0 Å². The molecule has 76 valence electrons. The van der Waals surface area contributed by atoms with E-state index in [0.29, 0.717) is 5.56 Å². The van der Waals surface area contributed by atoms with Crippen molar-refractivity contribution in [3.8, 4) is 0 Å². The smallest absolute Gasteiger partial charge is 0.337 e. The summed E-state index contributed by atoms with van der Waals surface area (Å²) in [6.45, 7) is 1.94. The van der Waals surface area contributed by atoms with Crippen LogP contribution in [0.5, 0.6) is 0 Å². The van der Waals surface area contributed by atoms with Gasteiger partial charge in [-0.1, -0.05) is 6.07 Å². The fourth-order valence-corrected chi connectivity index (χ4v) is 1.57. The van der Waals surface area contributed by atoms with Gasteiger partial charge in [0.25, 0.3) is 0 Å². The number of nitrogens with zero attached hydrogens (tertiary/aromatic N) is 1. The molecule has 15 heavy (non-hydrogen) atoms. The lowest BCUT2D eigenvalue weighted by Gasteiger charge is -2.03. The predicted molar refractivity (Wildman–Crippen MR) is 57.8 cm³/mol. The number of methoxy groups -OCH3 is 1. The molecule has 0 amide bonds. The van der Waals surface area contributed by atoms with Crippen molar-refractivity contribution in [2.24, 2.45) is 0 Å². The van der Waals surface area contributed by atoms with Crippen LogP contribution < -0.4 is 0 Å². The van der Waals surface area contributed by atoms with Gasteiger partial charge in [-0.2, -0.15) is 0 Å². The largest absolute Gasteiger partial charge is 0.465 e. The van der Waals surface area contributed by atoms with E-state index in [0.717, 1.165) is 16.5 Å². The fraction of sp³-hybridized carbons (Fsp3) is 0.167. The summed E-state index contributed by atoms with van der Waals surface area (Å²) in [5.74, 6) is -0.314. The molecule has 0 N–H and O–H groups in total. The Morgan fingerprint density at radius 2 is 2.13 bits per heavy atom. The minimum Gasteiger partial charge on any atom is -0.465 e. The lowest BCUT2D eigenvalue weighted by atomic mass is 10.1. The third kappa shape index (κ3) is 1.68. The maximum absolute atomic E-state index is 11.3. The fourth-order valence-electron chi connectivity index (χ4n) is 1.57. The van der Waals surface area contributed by atoms with Gasteiger partial charge in [-0.25, -0.2) is 4.79 Å². The second-order valence-corrected chi connectivity index (χ2v) is 3.32. The highest BCUT2D eigenvalue weighted by molar-refractivity contribution is 5.95. The molecule has 1 heterocycles. The standard InChI is InChI=1S/C12H11NO2/c1-8-11-4-3-10(12(14)15-2)7-9(11)5-6-13-8/h3-7H,1-2H3. The highest BCUT2D eigenvalue weighted by Gasteiger charge is 2.06. The Kier molecular flexibility index (Phi) is 2.37. The molecular weight excluding hydrogens is 190 g/mol. The first-order valence-electron chi connectivity index (χ1n) is 4.66. The number of ether oxygens (including phenoxy) is 1. The molecule has 0 aliphatic rings. The van der Waals surface area contributed by atoms with Gasteiger partial charge in [-0.15, -0.1) is 0 Å². The Labute approximate surface area is 87.7 Å². The number of hydrogen-bond donors (Lipinski definition) is 0. The van der Waals surface area contributed by atoms with Gasteiger partial charge >= 0.3 is 5.97 Å². The van der Waals surface area contributed by atoms with Gasteiger partial charge in [-0.3, -0.25) is 4.98 Å². The predicted octanol–water partition coefficient (Wildman–Crippen LogP) is 2.33. The number of rotatable bonds is 1. The molecule has 2 rings (SSSR count). The van der Waals surface area contributed by atoms with Crippen molar-refractivity contribution in [2.45, 2.75) is 6.92 Å². The number of esters is 1. The van der Waals surface area contributed by atoms with Gasteiger partial charge in [0, 0.05) is 17.3 Å². The number of aryl methyl sites for hydroxylation is 1.